The normalized spacial score (nSPS) is 18.5. The van der Waals surface area contributed by atoms with Gasteiger partial charge in [-0.3, -0.25) is 9.59 Å². The van der Waals surface area contributed by atoms with Crippen molar-refractivity contribution in [3.8, 4) is 0 Å². The number of hydrogen-bond donors (Lipinski definition) is 2. The van der Waals surface area contributed by atoms with E-state index in [1.54, 1.807) is 30.1 Å². The third kappa shape index (κ3) is 3.55. The van der Waals surface area contributed by atoms with E-state index in [-0.39, 0.29) is 24.8 Å². The van der Waals surface area contributed by atoms with Gasteiger partial charge >= 0.3 is 5.97 Å². The first-order valence-electron chi connectivity index (χ1n) is 8.47. The van der Waals surface area contributed by atoms with Gasteiger partial charge in [-0.25, -0.2) is 9.78 Å². The summed E-state index contributed by atoms with van der Waals surface area (Å²) in [6.45, 7) is 5.63. The second-order valence-corrected chi connectivity index (χ2v) is 8.09. The van der Waals surface area contributed by atoms with Crippen LogP contribution >= 0.6 is 11.3 Å². The summed E-state index contributed by atoms with van der Waals surface area (Å²) < 4.78 is 1.05. The van der Waals surface area contributed by atoms with Crippen LogP contribution < -0.4 is 10.2 Å². The number of fused-ring (bicyclic) bond motifs is 1. The number of carbonyl (C=O) groups is 3. The van der Waals surface area contributed by atoms with Crippen LogP contribution in [0.5, 0.6) is 0 Å². The Balaban J connectivity index is 1.74. The van der Waals surface area contributed by atoms with Crippen LogP contribution in [0.3, 0.4) is 0 Å². The molecule has 0 radical (unpaired) electrons. The maximum absolute atomic E-state index is 12.4. The Hall–Kier alpha value is -2.48. The van der Waals surface area contributed by atoms with Crippen molar-refractivity contribution >= 4 is 45.0 Å². The molecule has 26 heavy (non-hydrogen) atoms. The number of carboxylic acid groups (broad SMARTS) is 1. The van der Waals surface area contributed by atoms with Gasteiger partial charge in [-0.1, -0.05) is 13.8 Å². The molecular formula is C18H21N3O4S. The zero-order valence-electron chi connectivity index (χ0n) is 14.9. The molecule has 2 atom stereocenters. The number of rotatable bonds is 5. The molecule has 2 aromatic rings. The molecule has 7 nitrogen and oxygen atoms in total. The molecule has 1 aliphatic rings. The van der Waals surface area contributed by atoms with Crippen molar-refractivity contribution in [2.75, 3.05) is 11.4 Å². The van der Waals surface area contributed by atoms with E-state index in [2.05, 4.69) is 10.3 Å². The van der Waals surface area contributed by atoms with E-state index >= 15 is 0 Å². The van der Waals surface area contributed by atoms with Crippen LogP contribution in [0.25, 0.3) is 10.2 Å². The van der Waals surface area contributed by atoms with Crippen LogP contribution in [0.4, 0.5) is 5.69 Å². The largest absolute Gasteiger partial charge is 0.480 e. The van der Waals surface area contributed by atoms with E-state index in [0.717, 1.165) is 15.2 Å². The zero-order chi connectivity index (χ0) is 19.0. The van der Waals surface area contributed by atoms with E-state index in [4.69, 9.17) is 0 Å². The number of benzene rings is 1. The number of thiazole rings is 1. The number of aromatic nitrogens is 1. The Kier molecular flexibility index (Phi) is 4.95. The summed E-state index contributed by atoms with van der Waals surface area (Å²) >= 11 is 1.59. The lowest BCUT2D eigenvalue weighted by molar-refractivity contribution is -0.143. The standard InChI is InChI=1S/C18H21N3O4S/c1-9(2)16(18(24)25)20-17(23)11-6-15(22)21(8-11)12-4-5-14-13(7-12)19-10(3)26-14/h4-5,7,9,11,16H,6,8H2,1-3H3,(H,20,23)(H,24,25). The summed E-state index contributed by atoms with van der Waals surface area (Å²) in [5, 5.41) is 12.7. The summed E-state index contributed by atoms with van der Waals surface area (Å²) in [5.41, 5.74) is 1.54. The summed E-state index contributed by atoms with van der Waals surface area (Å²) in [4.78, 5) is 42.1. The van der Waals surface area contributed by atoms with Crippen molar-refractivity contribution in [3.63, 3.8) is 0 Å². The van der Waals surface area contributed by atoms with Crippen molar-refractivity contribution in [1.82, 2.24) is 10.3 Å². The highest BCUT2D eigenvalue weighted by Gasteiger charge is 2.37. The number of nitrogens with zero attached hydrogens (tertiary/aromatic N) is 2. The number of amides is 2. The highest BCUT2D eigenvalue weighted by molar-refractivity contribution is 7.18. The molecule has 3 rings (SSSR count). The fourth-order valence-corrected chi connectivity index (χ4v) is 3.92. The third-order valence-electron chi connectivity index (χ3n) is 4.52. The van der Waals surface area contributed by atoms with Crippen molar-refractivity contribution < 1.29 is 19.5 Å². The van der Waals surface area contributed by atoms with Gasteiger partial charge in [-0.15, -0.1) is 11.3 Å². The maximum Gasteiger partial charge on any atom is 0.326 e. The van der Waals surface area contributed by atoms with Gasteiger partial charge in [0.05, 0.1) is 21.1 Å². The highest BCUT2D eigenvalue weighted by atomic mass is 32.1. The number of hydrogen-bond acceptors (Lipinski definition) is 5. The predicted molar refractivity (Wildman–Crippen MR) is 99.2 cm³/mol. The lowest BCUT2D eigenvalue weighted by Gasteiger charge is -2.20. The molecule has 2 amide bonds. The molecule has 2 heterocycles. The average Bonchev–Trinajstić information content (AvgIpc) is 3.12. The van der Waals surface area contributed by atoms with E-state index in [9.17, 15) is 19.5 Å². The Morgan fingerprint density at radius 2 is 2.12 bits per heavy atom. The average molecular weight is 375 g/mol. The minimum absolute atomic E-state index is 0.0738. The van der Waals surface area contributed by atoms with Gasteiger partial charge in [0.25, 0.3) is 0 Å². The van der Waals surface area contributed by atoms with E-state index in [0.29, 0.717) is 5.69 Å². The first kappa shape index (κ1) is 18.3. The second-order valence-electron chi connectivity index (χ2n) is 6.86. The summed E-state index contributed by atoms with van der Waals surface area (Å²) in [6.07, 6.45) is 0.0738. The molecular weight excluding hydrogens is 354 g/mol. The fraction of sp³-hybridized carbons (Fsp3) is 0.444. The molecule has 2 unspecified atom stereocenters. The lowest BCUT2D eigenvalue weighted by atomic mass is 10.0. The molecule has 138 valence electrons. The van der Waals surface area contributed by atoms with Crippen LogP contribution in [0.2, 0.25) is 0 Å². The Morgan fingerprint density at radius 1 is 1.38 bits per heavy atom. The fourth-order valence-electron chi connectivity index (χ4n) is 3.12. The third-order valence-corrected chi connectivity index (χ3v) is 5.47. The molecule has 1 aliphatic heterocycles. The molecule has 8 heteroatoms. The molecule has 1 aromatic heterocycles. The number of carbonyl (C=O) groups excluding carboxylic acids is 2. The number of aliphatic carboxylic acids is 1. The van der Waals surface area contributed by atoms with Crippen molar-refractivity contribution in [2.24, 2.45) is 11.8 Å². The molecule has 2 N–H and O–H groups in total. The molecule has 1 saturated heterocycles. The minimum Gasteiger partial charge on any atom is -0.480 e. The number of carboxylic acids is 1. The summed E-state index contributed by atoms with van der Waals surface area (Å²) in [7, 11) is 0. The van der Waals surface area contributed by atoms with Gasteiger partial charge in [0.15, 0.2) is 0 Å². The Morgan fingerprint density at radius 3 is 2.77 bits per heavy atom. The molecule has 1 fully saturated rings. The van der Waals surface area contributed by atoms with Crippen LogP contribution in [-0.4, -0.2) is 40.5 Å². The molecule has 0 bridgehead atoms. The Labute approximate surface area is 155 Å². The van der Waals surface area contributed by atoms with Crippen molar-refractivity contribution in [3.05, 3.63) is 23.2 Å². The minimum atomic E-state index is -1.07. The number of anilines is 1. The molecule has 0 saturated carbocycles. The lowest BCUT2D eigenvalue weighted by Crippen LogP contribution is -2.47. The van der Waals surface area contributed by atoms with Crippen LogP contribution in [0, 0.1) is 18.8 Å². The Bertz CT molecular complexity index is 876. The van der Waals surface area contributed by atoms with Gasteiger partial charge in [0, 0.05) is 18.7 Å². The van der Waals surface area contributed by atoms with E-state index in [1.807, 2.05) is 25.1 Å². The SMILES string of the molecule is Cc1nc2cc(N3CC(C(=O)NC(C(=O)O)C(C)C)CC3=O)ccc2s1. The van der Waals surface area contributed by atoms with Gasteiger partial charge in [0.2, 0.25) is 11.8 Å². The quantitative estimate of drug-likeness (QED) is 0.834. The molecule has 0 aliphatic carbocycles. The topological polar surface area (TPSA) is 99.6 Å². The second kappa shape index (κ2) is 7.03. The van der Waals surface area contributed by atoms with E-state index < -0.39 is 23.8 Å². The summed E-state index contributed by atoms with van der Waals surface area (Å²) in [6, 6.07) is 4.67. The van der Waals surface area contributed by atoms with Crippen LogP contribution in [0.1, 0.15) is 25.3 Å². The van der Waals surface area contributed by atoms with Crippen LogP contribution in [0.15, 0.2) is 18.2 Å². The number of nitrogens with one attached hydrogen (secondary N) is 1. The van der Waals surface area contributed by atoms with Gasteiger partial charge < -0.3 is 15.3 Å². The summed E-state index contributed by atoms with van der Waals surface area (Å²) in [5.74, 6) is -2.41. The zero-order valence-corrected chi connectivity index (χ0v) is 15.7. The predicted octanol–water partition coefficient (Wildman–Crippen LogP) is 2.18. The number of aryl methyl sites for hydroxylation is 1. The highest BCUT2D eigenvalue weighted by Crippen LogP contribution is 2.30. The smallest absolute Gasteiger partial charge is 0.326 e. The monoisotopic (exact) mass is 375 g/mol. The maximum atomic E-state index is 12.4. The van der Waals surface area contributed by atoms with Gasteiger partial charge in [0.1, 0.15) is 6.04 Å². The first-order chi connectivity index (χ1) is 12.3. The van der Waals surface area contributed by atoms with Crippen molar-refractivity contribution in [1.29, 1.82) is 0 Å². The van der Waals surface area contributed by atoms with Crippen molar-refractivity contribution in [2.45, 2.75) is 33.2 Å². The molecule has 1 aromatic carbocycles. The van der Waals surface area contributed by atoms with Crippen LogP contribution in [-0.2, 0) is 14.4 Å². The first-order valence-corrected chi connectivity index (χ1v) is 9.28. The molecule has 0 spiro atoms. The van der Waals surface area contributed by atoms with E-state index in [1.165, 1.54) is 0 Å². The van der Waals surface area contributed by atoms with Gasteiger partial charge in [-0.05, 0) is 31.0 Å². The van der Waals surface area contributed by atoms with Gasteiger partial charge in [-0.2, -0.15) is 0 Å².